The minimum Gasteiger partial charge on any atom is -0.356 e. The zero-order valence-corrected chi connectivity index (χ0v) is 26.5. The summed E-state index contributed by atoms with van der Waals surface area (Å²) in [5.41, 5.74) is 0. The molecule has 15 nitrogen and oxygen atoms in total. The third-order valence-corrected chi connectivity index (χ3v) is 6.23. The number of carbonyl (C=O) groups excluding carboxylic acids is 6. The molecule has 0 saturated carbocycles. The van der Waals surface area contributed by atoms with Gasteiger partial charge in [-0.1, -0.05) is 0 Å². The first kappa shape index (κ1) is 42.4. The van der Waals surface area contributed by atoms with Crippen molar-refractivity contribution in [2.24, 2.45) is 0 Å². The Morgan fingerprint density at radius 2 is 0.837 bits per heavy atom. The van der Waals surface area contributed by atoms with Crippen LogP contribution in [-0.4, -0.2) is 106 Å². The van der Waals surface area contributed by atoms with E-state index in [-0.39, 0.29) is 80.1 Å². The Bertz CT molecular complexity index is 850. The molecular formula is C27H50FeN6O9+3. The summed E-state index contributed by atoms with van der Waals surface area (Å²) in [5, 5.41) is 38.8. The maximum absolute atomic E-state index is 12.0. The smallest absolute Gasteiger partial charge is 0.356 e. The van der Waals surface area contributed by atoms with Crippen LogP contribution in [0.15, 0.2) is 0 Å². The van der Waals surface area contributed by atoms with Crippen LogP contribution >= 0.6 is 0 Å². The summed E-state index contributed by atoms with van der Waals surface area (Å²) in [6.45, 7) is 4.54. The Morgan fingerprint density at radius 1 is 0.488 bits per heavy atom. The molecule has 0 aromatic carbocycles. The predicted octanol–water partition coefficient (Wildman–Crippen LogP) is 1.10. The van der Waals surface area contributed by atoms with Crippen molar-refractivity contribution in [1.82, 2.24) is 31.1 Å². The van der Waals surface area contributed by atoms with Crippen molar-refractivity contribution in [3.05, 3.63) is 0 Å². The largest absolute Gasteiger partial charge is 3.00 e. The van der Waals surface area contributed by atoms with E-state index in [2.05, 4.69) is 16.0 Å². The van der Waals surface area contributed by atoms with Gasteiger partial charge in [0.25, 0.3) is 0 Å². The summed E-state index contributed by atoms with van der Waals surface area (Å²) in [6.07, 6.45) is 5.47. The van der Waals surface area contributed by atoms with Crippen LogP contribution in [0, 0.1) is 0 Å². The van der Waals surface area contributed by atoms with Gasteiger partial charge in [-0.15, -0.1) is 0 Å². The number of hydrogen-bond donors (Lipinski definition) is 6. The Labute approximate surface area is 264 Å². The standard InChI is InChI=1S/C27H50N6O9.Fe/c1-22(34)28-16-6-3-10-20-32(41)26(38)14-13-25(37)30-18-8-5-11-21-33(42)27(39)15-12-24(36)29-17-7-4-9-19-31(40)23(2)35;/h40-42H,3-21H2,1-2H3,(H,28,34)(H,29,36)(H,30,37);/q;+3. The van der Waals surface area contributed by atoms with Crippen molar-refractivity contribution >= 4 is 35.4 Å². The van der Waals surface area contributed by atoms with Crippen molar-refractivity contribution in [1.29, 1.82) is 0 Å². The summed E-state index contributed by atoms with van der Waals surface area (Å²) in [5.74, 6) is -2.23. The number of nitrogens with zero attached hydrogens (tertiary/aromatic N) is 3. The van der Waals surface area contributed by atoms with E-state index in [0.29, 0.717) is 79.8 Å². The topological polar surface area (TPSA) is 209 Å². The second-order valence-corrected chi connectivity index (χ2v) is 10.0. The molecule has 0 spiro atoms. The maximum atomic E-state index is 12.0. The molecule has 0 aliphatic carbocycles. The van der Waals surface area contributed by atoms with Crippen LogP contribution in [0.2, 0.25) is 0 Å². The molecule has 16 heteroatoms. The summed E-state index contributed by atoms with van der Waals surface area (Å²) >= 11 is 0. The van der Waals surface area contributed by atoms with Gasteiger partial charge < -0.3 is 16.0 Å². The molecule has 6 N–H and O–H groups in total. The quantitative estimate of drug-likeness (QED) is 0.0379. The Kier molecular flexibility index (Phi) is 26.4. The SMILES string of the molecule is CC(=O)NCCCCCN(O)C(=O)CCC(=O)NCCCCCN(O)C(=O)CCC(=O)NCCCCCN(O)C(C)=O.[Fe+3]. The number of nitrogens with one attached hydrogen (secondary N) is 3. The Morgan fingerprint density at radius 3 is 1.19 bits per heavy atom. The molecule has 0 bridgehead atoms. The van der Waals surface area contributed by atoms with Crippen LogP contribution in [0.3, 0.4) is 0 Å². The second kappa shape index (κ2) is 26.8. The molecule has 0 aromatic rings. The fraction of sp³-hybridized carbons (Fsp3) is 0.778. The first-order chi connectivity index (χ1) is 19.9. The summed E-state index contributed by atoms with van der Waals surface area (Å²) in [6, 6.07) is 0. The molecule has 6 amide bonds. The average Bonchev–Trinajstić information content (AvgIpc) is 2.94. The van der Waals surface area contributed by atoms with Crippen LogP contribution < -0.4 is 16.0 Å². The molecular weight excluding hydrogens is 608 g/mol. The van der Waals surface area contributed by atoms with Crippen molar-refractivity contribution in [3.8, 4) is 0 Å². The first-order valence-corrected chi connectivity index (χ1v) is 14.7. The van der Waals surface area contributed by atoms with Gasteiger partial charge in [-0.05, 0) is 57.8 Å². The van der Waals surface area contributed by atoms with Crippen LogP contribution in [0.25, 0.3) is 0 Å². The number of carbonyl (C=O) groups is 6. The number of rotatable bonds is 24. The summed E-state index contributed by atoms with van der Waals surface area (Å²) in [4.78, 5) is 69.4. The number of amides is 6. The monoisotopic (exact) mass is 658 g/mol. The third kappa shape index (κ3) is 25.4. The van der Waals surface area contributed by atoms with Crippen molar-refractivity contribution in [2.75, 3.05) is 39.3 Å². The molecule has 43 heavy (non-hydrogen) atoms. The maximum Gasteiger partial charge on any atom is 3.00 e. The van der Waals surface area contributed by atoms with Crippen molar-refractivity contribution in [3.63, 3.8) is 0 Å². The van der Waals surface area contributed by atoms with Crippen molar-refractivity contribution < 1.29 is 61.5 Å². The second-order valence-electron chi connectivity index (χ2n) is 10.0. The van der Waals surface area contributed by atoms with Gasteiger partial charge in [-0.3, -0.25) is 44.4 Å². The van der Waals surface area contributed by atoms with Crippen LogP contribution in [0.5, 0.6) is 0 Å². The molecule has 0 fully saturated rings. The zero-order valence-electron chi connectivity index (χ0n) is 25.4. The van der Waals surface area contributed by atoms with Crippen LogP contribution in [-0.2, 0) is 45.8 Å². The minimum atomic E-state index is -0.557. The minimum absolute atomic E-state index is 0. The molecule has 0 heterocycles. The average molecular weight is 659 g/mol. The van der Waals surface area contributed by atoms with Gasteiger partial charge in [0.15, 0.2) is 0 Å². The molecule has 1 radical (unpaired) electrons. The summed E-state index contributed by atoms with van der Waals surface area (Å²) in [7, 11) is 0. The van der Waals surface area contributed by atoms with E-state index in [0.717, 1.165) is 12.8 Å². The van der Waals surface area contributed by atoms with E-state index in [1.807, 2.05) is 0 Å². The first-order valence-electron chi connectivity index (χ1n) is 14.7. The summed E-state index contributed by atoms with van der Waals surface area (Å²) < 4.78 is 0. The zero-order chi connectivity index (χ0) is 31.8. The van der Waals surface area contributed by atoms with Gasteiger partial charge in [0.2, 0.25) is 35.4 Å². The van der Waals surface area contributed by atoms with Gasteiger partial charge >= 0.3 is 17.1 Å². The molecule has 0 aromatic heterocycles. The molecule has 0 rings (SSSR count). The van der Waals surface area contributed by atoms with Gasteiger partial charge in [0.1, 0.15) is 0 Å². The van der Waals surface area contributed by atoms with E-state index in [1.165, 1.54) is 13.8 Å². The Hall–Kier alpha value is -2.78. The molecule has 0 atom stereocenters. The van der Waals surface area contributed by atoms with Gasteiger partial charge in [0, 0.05) is 78.8 Å². The van der Waals surface area contributed by atoms with Crippen molar-refractivity contribution in [2.45, 2.75) is 97.3 Å². The van der Waals surface area contributed by atoms with Crippen LogP contribution in [0.1, 0.15) is 97.3 Å². The molecule has 0 unspecified atom stereocenters. The number of hydroxylamine groups is 6. The molecule has 0 aliphatic rings. The molecule has 0 aliphatic heterocycles. The van der Waals surface area contributed by atoms with E-state index in [9.17, 15) is 44.4 Å². The Balaban J connectivity index is 0. The van der Waals surface area contributed by atoms with Crippen LogP contribution in [0.4, 0.5) is 0 Å². The number of unbranched alkanes of at least 4 members (excludes halogenated alkanes) is 6. The van der Waals surface area contributed by atoms with E-state index >= 15 is 0 Å². The fourth-order valence-electron chi connectivity index (χ4n) is 3.69. The van der Waals surface area contributed by atoms with E-state index < -0.39 is 17.7 Å². The van der Waals surface area contributed by atoms with Gasteiger partial charge in [0.05, 0.1) is 0 Å². The van der Waals surface area contributed by atoms with E-state index in [4.69, 9.17) is 0 Å². The van der Waals surface area contributed by atoms with Gasteiger partial charge in [-0.2, -0.15) is 0 Å². The molecule has 0 saturated heterocycles. The predicted molar refractivity (Wildman–Crippen MR) is 151 cm³/mol. The fourth-order valence-corrected chi connectivity index (χ4v) is 3.69. The normalized spacial score (nSPS) is 10.3. The van der Waals surface area contributed by atoms with Gasteiger partial charge in [-0.25, -0.2) is 15.2 Å². The number of hydrogen-bond acceptors (Lipinski definition) is 9. The third-order valence-electron chi connectivity index (χ3n) is 6.23. The van der Waals surface area contributed by atoms with E-state index in [1.54, 1.807) is 0 Å². The molecule has 247 valence electrons.